The zero-order valence-corrected chi connectivity index (χ0v) is 12.2. The van der Waals surface area contributed by atoms with Crippen LogP contribution in [0.25, 0.3) is 0 Å². The highest BCUT2D eigenvalue weighted by Gasteiger charge is 2.30. The Bertz CT molecular complexity index is 734. The fourth-order valence-corrected chi connectivity index (χ4v) is 3.84. The van der Waals surface area contributed by atoms with Gasteiger partial charge in [-0.2, -0.15) is 0 Å². The Morgan fingerprint density at radius 2 is 1.95 bits per heavy atom. The summed E-state index contributed by atoms with van der Waals surface area (Å²) in [5, 5.41) is 0. The Hall–Kier alpha value is -1.45. The van der Waals surface area contributed by atoms with Crippen molar-refractivity contribution in [2.75, 3.05) is 0 Å². The van der Waals surface area contributed by atoms with E-state index in [1.54, 1.807) is 0 Å². The molecule has 20 heavy (non-hydrogen) atoms. The molecule has 0 aromatic carbocycles. The standard InChI is InChI=1S/C11H18N4O4S/c1-14-6-9(10(16)15(2)11(14)17)20(18,19)13-8-5-3-4-7(8)12/h6-8,13H,3-5,12H2,1-2H3. The van der Waals surface area contributed by atoms with Crippen LogP contribution in [-0.4, -0.2) is 29.6 Å². The van der Waals surface area contributed by atoms with Crippen molar-refractivity contribution in [2.24, 2.45) is 19.8 Å². The molecule has 2 unspecified atom stereocenters. The summed E-state index contributed by atoms with van der Waals surface area (Å²) in [7, 11) is -1.36. The van der Waals surface area contributed by atoms with Crippen LogP contribution in [0.5, 0.6) is 0 Å². The first-order valence-electron chi connectivity index (χ1n) is 6.28. The van der Waals surface area contributed by atoms with E-state index >= 15 is 0 Å². The largest absolute Gasteiger partial charge is 0.330 e. The van der Waals surface area contributed by atoms with E-state index in [1.165, 1.54) is 14.1 Å². The summed E-state index contributed by atoms with van der Waals surface area (Å²) >= 11 is 0. The summed E-state index contributed by atoms with van der Waals surface area (Å²) in [6.45, 7) is 0. The molecule has 2 rings (SSSR count). The topological polar surface area (TPSA) is 116 Å². The van der Waals surface area contributed by atoms with Gasteiger partial charge in [-0.3, -0.25) is 9.36 Å². The Morgan fingerprint density at radius 3 is 2.50 bits per heavy atom. The third-order valence-electron chi connectivity index (χ3n) is 3.58. The van der Waals surface area contributed by atoms with Crippen LogP contribution in [0.15, 0.2) is 20.7 Å². The van der Waals surface area contributed by atoms with Crippen molar-refractivity contribution in [2.45, 2.75) is 36.2 Å². The Kier molecular flexibility index (Phi) is 3.85. The molecule has 1 aromatic heterocycles. The molecule has 1 saturated carbocycles. The second kappa shape index (κ2) is 5.15. The van der Waals surface area contributed by atoms with Crippen molar-refractivity contribution in [3.8, 4) is 0 Å². The number of sulfonamides is 1. The van der Waals surface area contributed by atoms with E-state index in [0.29, 0.717) is 6.42 Å². The second-order valence-corrected chi connectivity index (χ2v) is 6.76. The molecule has 1 fully saturated rings. The Balaban J connectivity index is 2.45. The maximum absolute atomic E-state index is 12.3. The molecule has 0 spiro atoms. The summed E-state index contributed by atoms with van der Waals surface area (Å²) in [6, 6.07) is -0.622. The van der Waals surface area contributed by atoms with Crippen LogP contribution in [0, 0.1) is 0 Å². The highest BCUT2D eigenvalue weighted by molar-refractivity contribution is 7.89. The van der Waals surface area contributed by atoms with Crippen molar-refractivity contribution in [1.82, 2.24) is 13.9 Å². The van der Waals surface area contributed by atoms with E-state index in [0.717, 1.165) is 28.2 Å². The molecule has 112 valence electrons. The van der Waals surface area contributed by atoms with E-state index in [1.807, 2.05) is 0 Å². The van der Waals surface area contributed by atoms with Crippen LogP contribution in [0.4, 0.5) is 0 Å². The maximum atomic E-state index is 12.3. The lowest BCUT2D eigenvalue weighted by Gasteiger charge is -2.17. The van der Waals surface area contributed by atoms with E-state index in [9.17, 15) is 18.0 Å². The lowest BCUT2D eigenvalue weighted by molar-refractivity contribution is 0.518. The summed E-state index contributed by atoms with van der Waals surface area (Å²) in [4.78, 5) is 23.1. The second-order valence-electron chi connectivity index (χ2n) is 5.07. The van der Waals surface area contributed by atoms with Gasteiger partial charge in [0.05, 0.1) is 0 Å². The Labute approximate surface area is 116 Å². The van der Waals surface area contributed by atoms with E-state index in [4.69, 9.17) is 5.73 Å². The fraction of sp³-hybridized carbons (Fsp3) is 0.636. The predicted octanol–water partition coefficient (Wildman–Crippen LogP) is -1.76. The van der Waals surface area contributed by atoms with Crippen LogP contribution in [0.3, 0.4) is 0 Å². The average Bonchev–Trinajstić information content (AvgIpc) is 2.76. The Morgan fingerprint density at radius 1 is 1.30 bits per heavy atom. The summed E-state index contributed by atoms with van der Waals surface area (Å²) in [5.41, 5.74) is 4.40. The van der Waals surface area contributed by atoms with Crippen LogP contribution in [0.1, 0.15) is 19.3 Å². The van der Waals surface area contributed by atoms with E-state index in [-0.39, 0.29) is 12.1 Å². The SMILES string of the molecule is Cn1cc(S(=O)(=O)NC2CCCC2N)c(=O)n(C)c1=O. The zero-order chi connectivity index (χ0) is 15.1. The third-order valence-corrected chi connectivity index (χ3v) is 5.05. The van der Waals surface area contributed by atoms with E-state index in [2.05, 4.69) is 4.72 Å². The number of hydrogen-bond donors (Lipinski definition) is 2. The van der Waals surface area contributed by atoms with Crippen molar-refractivity contribution in [3.63, 3.8) is 0 Å². The predicted molar refractivity (Wildman–Crippen MR) is 72.9 cm³/mol. The average molecular weight is 302 g/mol. The normalized spacial score (nSPS) is 23.1. The molecule has 1 aromatic rings. The number of nitrogens with zero attached hydrogens (tertiary/aromatic N) is 2. The zero-order valence-electron chi connectivity index (χ0n) is 11.4. The molecular weight excluding hydrogens is 284 g/mol. The molecule has 0 bridgehead atoms. The van der Waals surface area contributed by atoms with Gasteiger partial charge in [-0.25, -0.2) is 17.9 Å². The molecule has 9 heteroatoms. The van der Waals surface area contributed by atoms with Gasteiger partial charge in [-0.15, -0.1) is 0 Å². The first-order chi connectivity index (χ1) is 9.24. The van der Waals surface area contributed by atoms with Crippen molar-refractivity contribution < 1.29 is 8.42 Å². The van der Waals surface area contributed by atoms with Gasteiger partial charge in [-0.1, -0.05) is 6.42 Å². The van der Waals surface area contributed by atoms with Gasteiger partial charge in [0.2, 0.25) is 10.0 Å². The summed E-state index contributed by atoms with van der Waals surface area (Å²) < 4.78 is 28.8. The molecule has 3 N–H and O–H groups in total. The minimum Gasteiger partial charge on any atom is -0.326 e. The first-order valence-corrected chi connectivity index (χ1v) is 7.77. The van der Waals surface area contributed by atoms with Gasteiger partial charge in [-0.05, 0) is 12.8 Å². The van der Waals surface area contributed by atoms with Gasteiger partial charge in [0, 0.05) is 32.4 Å². The van der Waals surface area contributed by atoms with E-state index < -0.39 is 26.2 Å². The van der Waals surface area contributed by atoms with Crippen LogP contribution >= 0.6 is 0 Å². The van der Waals surface area contributed by atoms with Crippen LogP contribution in [0.2, 0.25) is 0 Å². The minimum atomic E-state index is -3.99. The molecule has 8 nitrogen and oxygen atoms in total. The van der Waals surface area contributed by atoms with Crippen LogP contribution < -0.4 is 21.7 Å². The fourth-order valence-electron chi connectivity index (χ4n) is 2.36. The van der Waals surface area contributed by atoms with Crippen molar-refractivity contribution in [3.05, 3.63) is 27.0 Å². The van der Waals surface area contributed by atoms with Gasteiger partial charge in [0.1, 0.15) is 0 Å². The smallest absolute Gasteiger partial charge is 0.326 e. The number of aryl methyl sites for hydroxylation is 1. The molecule has 0 saturated heterocycles. The quantitative estimate of drug-likeness (QED) is 0.686. The number of hydrogen-bond acceptors (Lipinski definition) is 5. The van der Waals surface area contributed by atoms with Gasteiger partial charge in [0.25, 0.3) is 5.56 Å². The summed E-state index contributed by atoms with van der Waals surface area (Å²) in [6.07, 6.45) is 3.28. The molecule has 1 heterocycles. The highest BCUT2D eigenvalue weighted by Crippen LogP contribution is 2.18. The first kappa shape index (κ1) is 14.9. The van der Waals surface area contributed by atoms with Crippen LogP contribution in [-0.2, 0) is 24.1 Å². The number of nitrogens with two attached hydrogens (primary N) is 1. The molecular formula is C11H18N4O4S. The number of aromatic nitrogens is 2. The summed E-state index contributed by atoms with van der Waals surface area (Å²) in [5.74, 6) is 0. The lowest BCUT2D eigenvalue weighted by Crippen LogP contribution is -2.47. The third kappa shape index (κ3) is 2.56. The van der Waals surface area contributed by atoms with Gasteiger partial charge in [0.15, 0.2) is 4.90 Å². The molecule has 0 aliphatic heterocycles. The molecule has 2 atom stereocenters. The number of nitrogens with one attached hydrogen (secondary N) is 1. The maximum Gasteiger partial charge on any atom is 0.330 e. The highest BCUT2D eigenvalue weighted by atomic mass is 32.2. The lowest BCUT2D eigenvalue weighted by atomic mass is 10.2. The molecule has 1 aliphatic carbocycles. The molecule has 0 amide bonds. The molecule has 0 radical (unpaired) electrons. The molecule has 1 aliphatic rings. The van der Waals surface area contributed by atoms with Crippen molar-refractivity contribution >= 4 is 10.0 Å². The van der Waals surface area contributed by atoms with Gasteiger partial charge >= 0.3 is 5.69 Å². The minimum absolute atomic E-state index is 0.249. The van der Waals surface area contributed by atoms with Crippen molar-refractivity contribution in [1.29, 1.82) is 0 Å². The van der Waals surface area contributed by atoms with Gasteiger partial charge < -0.3 is 10.3 Å². The monoisotopic (exact) mass is 302 g/mol. The number of rotatable bonds is 3.